The van der Waals surface area contributed by atoms with E-state index in [1.165, 1.54) is 6.20 Å². The van der Waals surface area contributed by atoms with E-state index in [9.17, 15) is 4.79 Å². The van der Waals surface area contributed by atoms with Crippen molar-refractivity contribution < 1.29 is 9.90 Å². The number of nitrogens with two attached hydrogens (primary N) is 1. The van der Waals surface area contributed by atoms with E-state index in [0.717, 1.165) is 6.42 Å². The van der Waals surface area contributed by atoms with Crippen molar-refractivity contribution in [1.29, 1.82) is 0 Å². The van der Waals surface area contributed by atoms with Crippen LogP contribution in [0.4, 0.5) is 0 Å². The second kappa shape index (κ2) is 5.15. The molecule has 0 unspecified atom stereocenters. The summed E-state index contributed by atoms with van der Waals surface area (Å²) in [6.45, 7) is 0. The Bertz CT molecular complexity index is 110. The maximum absolute atomic E-state index is 9.91. The number of unbranched alkanes of at least 4 members (excludes halogenated alkanes) is 1. The lowest BCUT2D eigenvalue weighted by atomic mass is 10.2. The first-order valence-corrected chi connectivity index (χ1v) is 2.86. The highest BCUT2D eigenvalue weighted by molar-refractivity contribution is 5.66. The summed E-state index contributed by atoms with van der Waals surface area (Å²) in [6, 6.07) is 0. The lowest BCUT2D eigenvalue weighted by Gasteiger charge is -1.88. The monoisotopic (exact) mass is 129 g/mol. The Morgan fingerprint density at radius 1 is 1.67 bits per heavy atom. The molecule has 0 fully saturated rings. The van der Waals surface area contributed by atoms with Gasteiger partial charge in [0.15, 0.2) is 0 Å². The van der Waals surface area contributed by atoms with Gasteiger partial charge in [0.25, 0.3) is 0 Å². The van der Waals surface area contributed by atoms with E-state index in [2.05, 4.69) is 0 Å². The SMILES string of the molecule is N/C=C/CCCC(=O)O. The second-order valence-electron chi connectivity index (χ2n) is 1.71. The zero-order valence-electron chi connectivity index (χ0n) is 5.21. The first-order chi connectivity index (χ1) is 4.27. The van der Waals surface area contributed by atoms with Crippen LogP contribution in [0.1, 0.15) is 19.3 Å². The molecule has 9 heavy (non-hydrogen) atoms. The van der Waals surface area contributed by atoms with E-state index in [1.807, 2.05) is 0 Å². The van der Waals surface area contributed by atoms with Crippen LogP contribution in [-0.4, -0.2) is 11.1 Å². The summed E-state index contributed by atoms with van der Waals surface area (Å²) >= 11 is 0. The average molecular weight is 129 g/mol. The lowest BCUT2D eigenvalue weighted by molar-refractivity contribution is -0.137. The zero-order chi connectivity index (χ0) is 7.11. The molecule has 3 N–H and O–H groups in total. The van der Waals surface area contributed by atoms with Gasteiger partial charge in [-0.3, -0.25) is 4.79 Å². The highest BCUT2D eigenvalue weighted by Crippen LogP contribution is 1.94. The van der Waals surface area contributed by atoms with Crippen LogP contribution in [0.15, 0.2) is 12.3 Å². The Labute approximate surface area is 54.2 Å². The molecule has 0 radical (unpaired) electrons. The van der Waals surface area contributed by atoms with Crippen molar-refractivity contribution in [3.8, 4) is 0 Å². The fourth-order valence-electron chi connectivity index (χ4n) is 0.467. The van der Waals surface area contributed by atoms with Crippen molar-refractivity contribution in [1.82, 2.24) is 0 Å². The van der Waals surface area contributed by atoms with Gasteiger partial charge in [-0.2, -0.15) is 0 Å². The van der Waals surface area contributed by atoms with Crippen molar-refractivity contribution in [2.75, 3.05) is 0 Å². The largest absolute Gasteiger partial charge is 0.481 e. The van der Waals surface area contributed by atoms with Gasteiger partial charge in [-0.05, 0) is 19.0 Å². The first kappa shape index (κ1) is 8.01. The molecule has 52 valence electrons. The molecular formula is C6H11NO2. The number of carboxylic acids is 1. The molecule has 3 nitrogen and oxygen atoms in total. The quantitative estimate of drug-likeness (QED) is 0.549. The van der Waals surface area contributed by atoms with Gasteiger partial charge in [0.05, 0.1) is 0 Å². The van der Waals surface area contributed by atoms with Crippen molar-refractivity contribution in [2.45, 2.75) is 19.3 Å². The van der Waals surface area contributed by atoms with Gasteiger partial charge in [0.2, 0.25) is 0 Å². The second-order valence-corrected chi connectivity index (χ2v) is 1.71. The van der Waals surface area contributed by atoms with Gasteiger partial charge >= 0.3 is 5.97 Å². The van der Waals surface area contributed by atoms with Crippen LogP contribution in [0, 0.1) is 0 Å². The van der Waals surface area contributed by atoms with Crippen LogP contribution >= 0.6 is 0 Å². The molecule has 3 heteroatoms. The van der Waals surface area contributed by atoms with Crippen molar-refractivity contribution in [3.05, 3.63) is 12.3 Å². The molecule has 0 amide bonds. The lowest BCUT2D eigenvalue weighted by Crippen LogP contribution is -1.92. The third kappa shape index (κ3) is 7.01. The molecule has 0 saturated carbocycles. The number of hydrogen-bond acceptors (Lipinski definition) is 2. The third-order valence-electron chi connectivity index (χ3n) is 0.898. The summed E-state index contributed by atoms with van der Waals surface area (Å²) in [6.07, 6.45) is 4.83. The van der Waals surface area contributed by atoms with Crippen LogP contribution in [0.2, 0.25) is 0 Å². The van der Waals surface area contributed by atoms with E-state index in [1.54, 1.807) is 6.08 Å². The van der Waals surface area contributed by atoms with Crippen LogP contribution < -0.4 is 5.73 Å². The number of carboxylic acid groups (broad SMARTS) is 1. The molecule has 0 aliphatic carbocycles. The summed E-state index contributed by atoms with van der Waals surface area (Å²) in [5, 5.41) is 8.16. The van der Waals surface area contributed by atoms with Crippen LogP contribution in [0.3, 0.4) is 0 Å². The first-order valence-electron chi connectivity index (χ1n) is 2.86. The van der Waals surface area contributed by atoms with Gasteiger partial charge < -0.3 is 10.8 Å². The van der Waals surface area contributed by atoms with Gasteiger partial charge in [-0.25, -0.2) is 0 Å². The highest BCUT2D eigenvalue weighted by Gasteiger charge is 1.92. The number of rotatable bonds is 4. The minimum Gasteiger partial charge on any atom is -0.481 e. The molecule has 0 rings (SSSR count). The van der Waals surface area contributed by atoms with Gasteiger partial charge in [0.1, 0.15) is 0 Å². The molecule has 0 heterocycles. The highest BCUT2D eigenvalue weighted by atomic mass is 16.4. The molecule has 0 aliphatic rings. The summed E-state index contributed by atoms with van der Waals surface area (Å²) in [5.74, 6) is -0.750. The maximum Gasteiger partial charge on any atom is 0.303 e. The van der Waals surface area contributed by atoms with Crippen LogP contribution in [0.5, 0.6) is 0 Å². The standard InChI is InChI=1S/C6H11NO2/c7-5-3-1-2-4-6(8)9/h3,5H,1-2,4,7H2,(H,8,9)/b5-3+. The molecule has 0 aromatic rings. The summed E-state index contributed by atoms with van der Waals surface area (Å²) in [7, 11) is 0. The zero-order valence-corrected chi connectivity index (χ0v) is 5.21. The van der Waals surface area contributed by atoms with Gasteiger partial charge in [0, 0.05) is 6.42 Å². The van der Waals surface area contributed by atoms with E-state index < -0.39 is 5.97 Å². The van der Waals surface area contributed by atoms with E-state index in [0.29, 0.717) is 6.42 Å². The predicted octanol–water partition coefficient (Wildman–Crippen LogP) is 0.714. The fraction of sp³-hybridized carbons (Fsp3) is 0.500. The van der Waals surface area contributed by atoms with Crippen molar-refractivity contribution in [2.24, 2.45) is 5.73 Å². The third-order valence-corrected chi connectivity index (χ3v) is 0.898. The van der Waals surface area contributed by atoms with E-state index >= 15 is 0 Å². The molecular weight excluding hydrogens is 118 g/mol. The normalized spacial score (nSPS) is 10.2. The number of allylic oxidation sites excluding steroid dienone is 1. The number of hydrogen-bond donors (Lipinski definition) is 2. The Hall–Kier alpha value is -0.990. The van der Waals surface area contributed by atoms with E-state index in [-0.39, 0.29) is 6.42 Å². The Morgan fingerprint density at radius 3 is 2.78 bits per heavy atom. The molecule has 0 aliphatic heterocycles. The smallest absolute Gasteiger partial charge is 0.303 e. The topological polar surface area (TPSA) is 63.3 Å². The maximum atomic E-state index is 9.91. The van der Waals surface area contributed by atoms with Gasteiger partial charge in [-0.1, -0.05) is 6.08 Å². The summed E-state index contributed by atoms with van der Waals surface area (Å²) in [4.78, 5) is 9.91. The number of carbonyl (C=O) groups is 1. The van der Waals surface area contributed by atoms with Gasteiger partial charge in [-0.15, -0.1) is 0 Å². The summed E-state index contributed by atoms with van der Waals surface area (Å²) < 4.78 is 0. The van der Waals surface area contributed by atoms with Crippen molar-refractivity contribution >= 4 is 5.97 Å². The molecule has 0 bridgehead atoms. The average Bonchev–Trinajstić information content (AvgIpc) is 1.80. The Balaban J connectivity index is 3.01. The minimum atomic E-state index is -0.750. The molecule has 0 saturated heterocycles. The fourth-order valence-corrected chi connectivity index (χ4v) is 0.467. The molecule has 0 atom stereocenters. The van der Waals surface area contributed by atoms with Crippen LogP contribution in [-0.2, 0) is 4.79 Å². The molecule has 0 spiro atoms. The Kier molecular flexibility index (Phi) is 4.59. The molecule has 0 aromatic carbocycles. The Morgan fingerprint density at radius 2 is 2.33 bits per heavy atom. The van der Waals surface area contributed by atoms with Crippen molar-refractivity contribution in [3.63, 3.8) is 0 Å². The predicted molar refractivity (Wildman–Crippen MR) is 34.8 cm³/mol. The van der Waals surface area contributed by atoms with E-state index in [4.69, 9.17) is 10.8 Å². The molecule has 0 aromatic heterocycles. The minimum absolute atomic E-state index is 0.227. The van der Waals surface area contributed by atoms with Crippen LogP contribution in [0.25, 0.3) is 0 Å². The number of aliphatic carboxylic acids is 1. The summed E-state index contributed by atoms with van der Waals surface area (Å²) in [5.41, 5.74) is 5.02.